The van der Waals surface area contributed by atoms with Crippen molar-refractivity contribution in [3.63, 3.8) is 0 Å². The van der Waals surface area contributed by atoms with Gasteiger partial charge in [0.05, 0.1) is 17.6 Å². The largest absolute Gasteiger partial charge is 0.239 e. The van der Waals surface area contributed by atoms with Gasteiger partial charge in [-0.15, -0.1) is 0 Å². The van der Waals surface area contributed by atoms with E-state index in [0.29, 0.717) is 0 Å². The fourth-order valence-electron chi connectivity index (χ4n) is 3.58. The lowest BCUT2D eigenvalue weighted by Gasteiger charge is -2.13. The van der Waals surface area contributed by atoms with Gasteiger partial charge in [-0.25, -0.2) is 14.6 Å². The number of fused-ring (bicyclic) bond motifs is 1. The Morgan fingerprint density at radius 2 is 1.96 bits per heavy atom. The van der Waals surface area contributed by atoms with Gasteiger partial charge in [0.25, 0.3) is 0 Å². The van der Waals surface area contributed by atoms with Crippen molar-refractivity contribution in [2.45, 2.75) is 17.6 Å². The molecular weight excluding hydrogens is 304 g/mol. The molecule has 4 nitrogen and oxygen atoms in total. The van der Waals surface area contributed by atoms with Crippen LogP contribution in [0.25, 0.3) is 21.8 Å². The number of hydrogen-bond acceptors (Lipinski definition) is 4. The lowest BCUT2D eigenvalue weighted by molar-refractivity contribution is 0.548. The zero-order valence-electron chi connectivity index (χ0n) is 12.6. The molecule has 0 aliphatic heterocycles. The zero-order valence-corrected chi connectivity index (χ0v) is 13.4. The molecule has 0 N–H and O–H groups in total. The fourth-order valence-corrected chi connectivity index (χ4v) is 3.92. The predicted octanol–water partition coefficient (Wildman–Crippen LogP) is 3.85. The SMILES string of the molecule is CSc1ncc2cnn(C3Cc4cccc5cccc3c45)c2n1. The van der Waals surface area contributed by atoms with Crippen LogP contribution < -0.4 is 0 Å². The molecule has 2 aromatic carbocycles. The van der Waals surface area contributed by atoms with Crippen LogP contribution in [0.2, 0.25) is 0 Å². The second-order valence-corrected chi connectivity index (χ2v) is 6.58. The summed E-state index contributed by atoms with van der Waals surface area (Å²) in [6.07, 6.45) is 6.68. The molecular formula is C18H14N4S. The van der Waals surface area contributed by atoms with Crippen LogP contribution in [0.5, 0.6) is 0 Å². The Kier molecular flexibility index (Phi) is 2.73. The Hall–Kier alpha value is -2.40. The minimum Gasteiger partial charge on any atom is -0.239 e. The van der Waals surface area contributed by atoms with Crippen LogP contribution in [-0.4, -0.2) is 26.0 Å². The average molecular weight is 318 g/mol. The molecule has 4 aromatic rings. The smallest absolute Gasteiger partial charge is 0.189 e. The summed E-state index contributed by atoms with van der Waals surface area (Å²) in [5.74, 6) is 0. The van der Waals surface area contributed by atoms with Crippen LogP contribution in [-0.2, 0) is 6.42 Å². The van der Waals surface area contributed by atoms with Gasteiger partial charge in [-0.2, -0.15) is 5.10 Å². The van der Waals surface area contributed by atoms with Crippen LogP contribution >= 0.6 is 11.8 Å². The van der Waals surface area contributed by atoms with E-state index in [-0.39, 0.29) is 6.04 Å². The number of thioether (sulfide) groups is 1. The van der Waals surface area contributed by atoms with Crippen molar-refractivity contribution in [1.82, 2.24) is 19.7 Å². The molecule has 1 unspecified atom stereocenters. The molecule has 0 saturated heterocycles. The Morgan fingerprint density at radius 3 is 2.83 bits per heavy atom. The maximum Gasteiger partial charge on any atom is 0.189 e. The molecule has 0 saturated carbocycles. The molecule has 2 aromatic heterocycles. The Labute approximate surface area is 137 Å². The first-order valence-electron chi connectivity index (χ1n) is 7.60. The van der Waals surface area contributed by atoms with Gasteiger partial charge < -0.3 is 0 Å². The first kappa shape index (κ1) is 13.1. The van der Waals surface area contributed by atoms with Gasteiger partial charge in [0.15, 0.2) is 10.8 Å². The minimum absolute atomic E-state index is 0.207. The number of rotatable bonds is 2. The second-order valence-electron chi connectivity index (χ2n) is 5.81. The van der Waals surface area contributed by atoms with Crippen molar-refractivity contribution in [2.24, 2.45) is 0 Å². The molecule has 5 rings (SSSR count). The van der Waals surface area contributed by atoms with Crippen LogP contribution in [0.3, 0.4) is 0 Å². The molecule has 23 heavy (non-hydrogen) atoms. The van der Waals surface area contributed by atoms with Gasteiger partial charge in [0.1, 0.15) is 0 Å². The van der Waals surface area contributed by atoms with Crippen molar-refractivity contribution in [2.75, 3.05) is 6.26 Å². The highest BCUT2D eigenvalue weighted by Gasteiger charge is 2.27. The molecule has 0 bridgehead atoms. The van der Waals surface area contributed by atoms with Crippen LogP contribution in [0.4, 0.5) is 0 Å². The molecule has 1 atom stereocenters. The Balaban J connectivity index is 1.74. The van der Waals surface area contributed by atoms with E-state index in [0.717, 1.165) is 22.6 Å². The van der Waals surface area contributed by atoms with Gasteiger partial charge in [-0.3, -0.25) is 0 Å². The monoisotopic (exact) mass is 318 g/mol. The summed E-state index contributed by atoms with van der Waals surface area (Å²) in [6, 6.07) is 13.3. The molecule has 112 valence electrons. The molecule has 5 heteroatoms. The van der Waals surface area contributed by atoms with Crippen molar-refractivity contribution < 1.29 is 0 Å². The topological polar surface area (TPSA) is 43.6 Å². The summed E-state index contributed by atoms with van der Waals surface area (Å²) in [6.45, 7) is 0. The van der Waals surface area contributed by atoms with Gasteiger partial charge in [0, 0.05) is 6.20 Å². The summed E-state index contributed by atoms with van der Waals surface area (Å²) in [5.41, 5.74) is 3.65. The highest BCUT2D eigenvalue weighted by Crippen LogP contribution is 2.39. The third kappa shape index (κ3) is 1.83. The summed E-state index contributed by atoms with van der Waals surface area (Å²) in [4.78, 5) is 9.02. The van der Waals surface area contributed by atoms with Crippen LogP contribution in [0.1, 0.15) is 17.2 Å². The van der Waals surface area contributed by atoms with Gasteiger partial charge >= 0.3 is 0 Å². The van der Waals surface area contributed by atoms with Crippen LogP contribution in [0.15, 0.2) is 53.9 Å². The van der Waals surface area contributed by atoms with E-state index in [1.807, 2.05) is 18.6 Å². The summed E-state index contributed by atoms with van der Waals surface area (Å²) >= 11 is 1.56. The first-order valence-corrected chi connectivity index (χ1v) is 8.82. The second kappa shape index (κ2) is 4.80. The molecule has 1 aliphatic carbocycles. The summed E-state index contributed by atoms with van der Waals surface area (Å²) < 4.78 is 2.06. The van der Waals surface area contributed by atoms with E-state index < -0.39 is 0 Å². The van der Waals surface area contributed by atoms with Crippen molar-refractivity contribution >= 4 is 33.6 Å². The molecule has 1 aliphatic rings. The number of benzene rings is 2. The highest BCUT2D eigenvalue weighted by molar-refractivity contribution is 7.98. The Morgan fingerprint density at radius 1 is 1.09 bits per heavy atom. The number of aromatic nitrogens is 4. The molecule has 0 radical (unpaired) electrons. The summed E-state index contributed by atoms with van der Waals surface area (Å²) in [7, 11) is 0. The van der Waals surface area contributed by atoms with Gasteiger partial charge in [-0.05, 0) is 34.6 Å². The lowest BCUT2D eigenvalue weighted by Crippen LogP contribution is -2.11. The fraction of sp³-hybridized carbons (Fsp3) is 0.167. The average Bonchev–Trinajstić information content (AvgIpc) is 3.17. The number of hydrogen-bond donors (Lipinski definition) is 0. The molecule has 0 spiro atoms. The van der Waals surface area contributed by atoms with Crippen molar-refractivity contribution in [3.8, 4) is 0 Å². The van der Waals surface area contributed by atoms with E-state index in [1.54, 1.807) is 11.8 Å². The highest BCUT2D eigenvalue weighted by atomic mass is 32.2. The van der Waals surface area contributed by atoms with E-state index in [9.17, 15) is 0 Å². The lowest BCUT2D eigenvalue weighted by atomic mass is 10.0. The van der Waals surface area contributed by atoms with Gasteiger partial charge in [0.2, 0.25) is 0 Å². The molecule has 0 amide bonds. The quantitative estimate of drug-likeness (QED) is 0.416. The van der Waals surface area contributed by atoms with E-state index >= 15 is 0 Å². The Bertz CT molecular complexity index is 1050. The van der Waals surface area contributed by atoms with Crippen LogP contribution in [0, 0.1) is 0 Å². The standard InChI is InChI=1S/C18H14N4S/c1-23-18-19-9-13-10-20-22(17(13)21-18)15-8-12-6-2-4-11-5-3-7-14(15)16(11)12/h2-7,9-10,15H,8H2,1H3. The van der Waals surface area contributed by atoms with E-state index in [1.165, 1.54) is 21.9 Å². The maximum atomic E-state index is 4.68. The van der Waals surface area contributed by atoms with Crippen molar-refractivity contribution in [1.29, 1.82) is 0 Å². The third-order valence-electron chi connectivity index (χ3n) is 4.59. The predicted molar refractivity (Wildman–Crippen MR) is 92.9 cm³/mol. The first-order chi connectivity index (χ1) is 11.3. The number of nitrogens with zero attached hydrogens (tertiary/aromatic N) is 4. The third-order valence-corrected chi connectivity index (χ3v) is 5.15. The van der Waals surface area contributed by atoms with Gasteiger partial charge in [-0.1, -0.05) is 48.2 Å². The van der Waals surface area contributed by atoms with E-state index in [4.69, 9.17) is 0 Å². The van der Waals surface area contributed by atoms with Crippen molar-refractivity contribution in [3.05, 3.63) is 59.9 Å². The molecule has 0 fully saturated rings. The molecule has 2 heterocycles. The maximum absolute atomic E-state index is 4.68. The van der Waals surface area contributed by atoms with E-state index in [2.05, 4.69) is 56.1 Å². The normalized spacial score (nSPS) is 16.5. The zero-order chi connectivity index (χ0) is 15.4. The summed E-state index contributed by atoms with van der Waals surface area (Å²) in [5, 5.41) is 9.09. The minimum atomic E-state index is 0.207.